The first-order valence-electron chi connectivity index (χ1n) is 9.05. The number of hydrogen-bond acceptors (Lipinski definition) is 3. The molecule has 0 saturated carbocycles. The average molecular weight is 279 g/mol. The normalized spacial score (nSPS) is 29.9. The standard InChI is InChI=1S/C17H33N3/c1-2-15-5-11-19(12-6-15)17-7-13-20(14-8-17)16-3-9-18-10-4-16/h15-18H,2-14H2,1H3. The minimum absolute atomic E-state index is 0.878. The first-order chi connectivity index (χ1) is 9.86. The Balaban J connectivity index is 1.42. The second kappa shape index (κ2) is 7.24. The molecule has 3 rings (SSSR count). The number of hydrogen-bond donors (Lipinski definition) is 1. The van der Waals surface area contributed by atoms with Crippen molar-refractivity contribution in [1.82, 2.24) is 15.1 Å². The Morgan fingerprint density at radius 3 is 1.80 bits per heavy atom. The van der Waals surface area contributed by atoms with E-state index in [-0.39, 0.29) is 0 Å². The summed E-state index contributed by atoms with van der Waals surface area (Å²) in [4.78, 5) is 5.60. The molecule has 3 fully saturated rings. The molecule has 0 atom stereocenters. The SMILES string of the molecule is CCC1CCN(C2CCN(C3CCNCC3)CC2)CC1. The molecule has 0 aromatic carbocycles. The van der Waals surface area contributed by atoms with Gasteiger partial charge in [0.05, 0.1) is 0 Å². The number of rotatable bonds is 3. The monoisotopic (exact) mass is 279 g/mol. The van der Waals surface area contributed by atoms with Gasteiger partial charge in [0.2, 0.25) is 0 Å². The van der Waals surface area contributed by atoms with Crippen LogP contribution in [-0.4, -0.2) is 61.2 Å². The Hall–Kier alpha value is -0.120. The van der Waals surface area contributed by atoms with Gasteiger partial charge in [0, 0.05) is 12.1 Å². The molecule has 116 valence electrons. The lowest BCUT2D eigenvalue weighted by atomic mass is 9.91. The molecular formula is C17H33N3. The van der Waals surface area contributed by atoms with Gasteiger partial charge in [0.1, 0.15) is 0 Å². The average Bonchev–Trinajstić information content (AvgIpc) is 2.56. The summed E-state index contributed by atoms with van der Waals surface area (Å²) in [5.41, 5.74) is 0. The van der Waals surface area contributed by atoms with Crippen LogP contribution in [0.1, 0.15) is 51.9 Å². The van der Waals surface area contributed by atoms with Gasteiger partial charge in [-0.1, -0.05) is 13.3 Å². The Bertz CT molecular complexity index is 272. The largest absolute Gasteiger partial charge is 0.317 e. The van der Waals surface area contributed by atoms with Crippen molar-refractivity contribution in [3.05, 3.63) is 0 Å². The quantitative estimate of drug-likeness (QED) is 0.855. The zero-order valence-corrected chi connectivity index (χ0v) is 13.3. The zero-order valence-electron chi connectivity index (χ0n) is 13.3. The fourth-order valence-electron chi connectivity index (χ4n) is 4.51. The van der Waals surface area contributed by atoms with Gasteiger partial charge in [-0.2, -0.15) is 0 Å². The summed E-state index contributed by atoms with van der Waals surface area (Å²) in [7, 11) is 0. The van der Waals surface area contributed by atoms with E-state index in [0.29, 0.717) is 0 Å². The minimum Gasteiger partial charge on any atom is -0.317 e. The van der Waals surface area contributed by atoms with Gasteiger partial charge >= 0.3 is 0 Å². The number of nitrogens with zero attached hydrogens (tertiary/aromatic N) is 2. The highest BCUT2D eigenvalue weighted by atomic mass is 15.2. The van der Waals surface area contributed by atoms with Crippen LogP contribution in [0.25, 0.3) is 0 Å². The maximum absolute atomic E-state index is 3.49. The Kier molecular flexibility index (Phi) is 5.36. The van der Waals surface area contributed by atoms with Crippen LogP contribution in [0.15, 0.2) is 0 Å². The van der Waals surface area contributed by atoms with E-state index in [1.807, 2.05) is 0 Å². The molecule has 20 heavy (non-hydrogen) atoms. The predicted octanol–water partition coefficient (Wildman–Crippen LogP) is 2.32. The van der Waals surface area contributed by atoms with Gasteiger partial charge in [-0.25, -0.2) is 0 Å². The molecule has 3 heterocycles. The van der Waals surface area contributed by atoms with Crippen LogP contribution in [0.4, 0.5) is 0 Å². The highest BCUT2D eigenvalue weighted by molar-refractivity contribution is 4.86. The van der Waals surface area contributed by atoms with E-state index in [9.17, 15) is 0 Å². The van der Waals surface area contributed by atoms with Crippen LogP contribution in [0, 0.1) is 5.92 Å². The molecule has 0 spiro atoms. The van der Waals surface area contributed by atoms with Gasteiger partial charge in [-0.15, -0.1) is 0 Å². The van der Waals surface area contributed by atoms with Crippen molar-refractivity contribution in [1.29, 1.82) is 0 Å². The van der Waals surface area contributed by atoms with Gasteiger partial charge in [0.25, 0.3) is 0 Å². The third-order valence-electron chi connectivity index (χ3n) is 6.07. The van der Waals surface area contributed by atoms with Crippen molar-refractivity contribution in [3.63, 3.8) is 0 Å². The lowest BCUT2D eigenvalue weighted by molar-refractivity contribution is 0.0540. The molecule has 0 radical (unpaired) electrons. The molecule has 3 heteroatoms. The third kappa shape index (κ3) is 3.55. The highest BCUT2D eigenvalue weighted by Gasteiger charge is 2.30. The number of piperidine rings is 3. The van der Waals surface area contributed by atoms with Crippen molar-refractivity contribution >= 4 is 0 Å². The van der Waals surface area contributed by atoms with Crippen LogP contribution >= 0.6 is 0 Å². The summed E-state index contributed by atoms with van der Waals surface area (Å²) in [6, 6.07) is 1.77. The third-order valence-corrected chi connectivity index (χ3v) is 6.07. The summed E-state index contributed by atoms with van der Waals surface area (Å²) in [5.74, 6) is 1.01. The molecule has 3 aliphatic rings. The molecule has 0 aliphatic carbocycles. The summed E-state index contributed by atoms with van der Waals surface area (Å²) >= 11 is 0. The Morgan fingerprint density at radius 2 is 1.25 bits per heavy atom. The Morgan fingerprint density at radius 1 is 0.750 bits per heavy atom. The lowest BCUT2D eigenvalue weighted by Crippen LogP contribution is -2.51. The molecule has 0 aromatic heterocycles. The number of nitrogens with one attached hydrogen (secondary N) is 1. The molecular weight excluding hydrogens is 246 g/mol. The van der Waals surface area contributed by atoms with E-state index in [2.05, 4.69) is 22.0 Å². The highest BCUT2D eigenvalue weighted by Crippen LogP contribution is 2.26. The maximum atomic E-state index is 3.49. The van der Waals surface area contributed by atoms with E-state index >= 15 is 0 Å². The van der Waals surface area contributed by atoms with E-state index in [1.165, 1.54) is 84.2 Å². The summed E-state index contributed by atoms with van der Waals surface area (Å²) in [6.45, 7) is 10.3. The molecule has 3 nitrogen and oxygen atoms in total. The van der Waals surface area contributed by atoms with Crippen LogP contribution < -0.4 is 5.32 Å². The molecule has 0 unspecified atom stereocenters. The van der Waals surface area contributed by atoms with E-state index < -0.39 is 0 Å². The van der Waals surface area contributed by atoms with E-state index in [1.54, 1.807) is 0 Å². The van der Waals surface area contributed by atoms with Crippen molar-refractivity contribution in [2.24, 2.45) is 5.92 Å². The van der Waals surface area contributed by atoms with Crippen molar-refractivity contribution in [2.45, 2.75) is 64.0 Å². The van der Waals surface area contributed by atoms with Crippen LogP contribution in [-0.2, 0) is 0 Å². The summed E-state index contributed by atoms with van der Waals surface area (Å²) in [6.07, 6.45) is 9.86. The van der Waals surface area contributed by atoms with Gasteiger partial charge in [-0.3, -0.25) is 0 Å². The molecule has 0 amide bonds. The molecule has 0 bridgehead atoms. The topological polar surface area (TPSA) is 18.5 Å². The van der Waals surface area contributed by atoms with Gasteiger partial charge in [-0.05, 0) is 83.7 Å². The Labute approximate surface area is 125 Å². The van der Waals surface area contributed by atoms with Crippen LogP contribution in [0.5, 0.6) is 0 Å². The first kappa shape index (κ1) is 14.8. The molecule has 3 saturated heterocycles. The van der Waals surface area contributed by atoms with Crippen molar-refractivity contribution in [3.8, 4) is 0 Å². The second-order valence-electron chi connectivity index (χ2n) is 7.14. The first-order valence-corrected chi connectivity index (χ1v) is 9.05. The fraction of sp³-hybridized carbons (Fsp3) is 1.00. The van der Waals surface area contributed by atoms with Gasteiger partial charge < -0.3 is 15.1 Å². The van der Waals surface area contributed by atoms with E-state index in [0.717, 1.165) is 18.0 Å². The van der Waals surface area contributed by atoms with Crippen molar-refractivity contribution in [2.75, 3.05) is 39.3 Å². The summed E-state index contributed by atoms with van der Waals surface area (Å²) in [5, 5.41) is 3.49. The predicted molar refractivity (Wildman–Crippen MR) is 85.1 cm³/mol. The zero-order chi connectivity index (χ0) is 13.8. The second-order valence-corrected chi connectivity index (χ2v) is 7.14. The maximum Gasteiger partial charge on any atom is 0.0120 e. The smallest absolute Gasteiger partial charge is 0.0120 e. The van der Waals surface area contributed by atoms with E-state index in [4.69, 9.17) is 0 Å². The minimum atomic E-state index is 0.878. The molecule has 1 N–H and O–H groups in total. The van der Waals surface area contributed by atoms with Crippen LogP contribution in [0.3, 0.4) is 0 Å². The fourth-order valence-corrected chi connectivity index (χ4v) is 4.51. The molecule has 0 aromatic rings. The number of likely N-dealkylation sites (tertiary alicyclic amines) is 2. The van der Waals surface area contributed by atoms with Crippen LogP contribution in [0.2, 0.25) is 0 Å². The lowest BCUT2D eigenvalue weighted by Gasteiger charge is -2.44. The van der Waals surface area contributed by atoms with Crippen molar-refractivity contribution < 1.29 is 0 Å². The van der Waals surface area contributed by atoms with Gasteiger partial charge in [0.15, 0.2) is 0 Å². The summed E-state index contributed by atoms with van der Waals surface area (Å²) < 4.78 is 0. The molecule has 3 aliphatic heterocycles.